The number of alkyl carbamates (subject to hydrolysis) is 1. The van der Waals surface area contributed by atoms with Crippen molar-refractivity contribution < 1.29 is 24.2 Å². The number of phenols is 1. The zero-order valence-electron chi connectivity index (χ0n) is 12.2. The number of rotatable bonds is 8. The summed E-state index contributed by atoms with van der Waals surface area (Å²) in [4.78, 5) is 23.6. The van der Waals surface area contributed by atoms with Gasteiger partial charge in [-0.15, -0.1) is 0 Å². The molecule has 0 radical (unpaired) electrons. The highest BCUT2D eigenvalue weighted by molar-refractivity contribution is 5.81. The molecule has 1 aromatic rings. The molecule has 0 spiro atoms. The molecular weight excluding hydrogens is 286 g/mol. The Labute approximate surface area is 129 Å². The van der Waals surface area contributed by atoms with Crippen molar-refractivity contribution in [3.63, 3.8) is 0 Å². The molecule has 0 aliphatic carbocycles. The summed E-state index contributed by atoms with van der Waals surface area (Å²) in [5, 5.41) is 11.7. The Hall–Kier alpha value is -2.76. The van der Waals surface area contributed by atoms with Crippen LogP contribution in [0.4, 0.5) is 4.79 Å². The Morgan fingerprint density at radius 1 is 1.14 bits per heavy atom. The fraction of sp³-hybridized carbons (Fsp3) is 0.250. The van der Waals surface area contributed by atoms with Crippen molar-refractivity contribution >= 4 is 12.1 Å². The minimum absolute atomic E-state index is 0.0411. The predicted octanol–water partition coefficient (Wildman–Crippen LogP) is 1.94. The second kappa shape index (κ2) is 9.23. The number of nitrogens with one attached hydrogen (secondary N) is 1. The molecule has 0 unspecified atom stereocenters. The molecule has 0 aliphatic heterocycles. The average molecular weight is 305 g/mol. The van der Waals surface area contributed by atoms with Gasteiger partial charge in [-0.05, 0) is 17.7 Å². The van der Waals surface area contributed by atoms with Crippen LogP contribution in [-0.2, 0) is 20.7 Å². The first-order valence-corrected chi connectivity index (χ1v) is 6.66. The van der Waals surface area contributed by atoms with Gasteiger partial charge in [0.2, 0.25) is 0 Å². The van der Waals surface area contributed by atoms with Crippen LogP contribution in [0.2, 0.25) is 0 Å². The molecule has 1 amide bonds. The standard InChI is InChI=1S/C16H19NO5/c1-3-9-21-15(19)14(17-16(20)22-10-4-2)11-12-5-7-13(18)8-6-12/h3-8,14,18H,1-2,9-11H2,(H,17,20)/t14-/m0/s1. The number of esters is 1. The summed E-state index contributed by atoms with van der Waals surface area (Å²) in [7, 11) is 0. The van der Waals surface area contributed by atoms with E-state index < -0.39 is 18.1 Å². The molecule has 0 saturated heterocycles. The first-order valence-electron chi connectivity index (χ1n) is 6.66. The molecule has 0 aromatic heterocycles. The topological polar surface area (TPSA) is 84.9 Å². The number of aromatic hydroxyl groups is 1. The van der Waals surface area contributed by atoms with E-state index in [9.17, 15) is 14.7 Å². The van der Waals surface area contributed by atoms with Crippen LogP contribution in [0.25, 0.3) is 0 Å². The summed E-state index contributed by atoms with van der Waals surface area (Å²) < 4.78 is 9.75. The molecule has 0 aliphatic rings. The third-order valence-corrected chi connectivity index (χ3v) is 2.63. The van der Waals surface area contributed by atoms with Crippen molar-refractivity contribution in [3.8, 4) is 5.75 Å². The van der Waals surface area contributed by atoms with Crippen LogP contribution >= 0.6 is 0 Å². The molecule has 0 heterocycles. The number of benzene rings is 1. The zero-order valence-corrected chi connectivity index (χ0v) is 12.2. The van der Waals surface area contributed by atoms with Gasteiger partial charge >= 0.3 is 12.1 Å². The summed E-state index contributed by atoms with van der Waals surface area (Å²) in [5.41, 5.74) is 0.752. The quantitative estimate of drug-likeness (QED) is 0.566. The van der Waals surface area contributed by atoms with Crippen molar-refractivity contribution in [3.05, 3.63) is 55.1 Å². The largest absolute Gasteiger partial charge is 0.508 e. The summed E-state index contributed by atoms with van der Waals surface area (Å²) in [6, 6.07) is 5.40. The molecule has 22 heavy (non-hydrogen) atoms. The Morgan fingerprint density at radius 3 is 2.32 bits per heavy atom. The van der Waals surface area contributed by atoms with Crippen LogP contribution in [0.3, 0.4) is 0 Å². The summed E-state index contributed by atoms with van der Waals surface area (Å²) in [5.74, 6) is -0.476. The molecule has 0 fully saturated rings. The highest BCUT2D eigenvalue weighted by Gasteiger charge is 2.23. The van der Waals surface area contributed by atoms with E-state index in [1.807, 2.05) is 0 Å². The monoisotopic (exact) mass is 305 g/mol. The van der Waals surface area contributed by atoms with Gasteiger partial charge in [0.1, 0.15) is 25.0 Å². The van der Waals surface area contributed by atoms with E-state index in [1.165, 1.54) is 24.3 Å². The third-order valence-electron chi connectivity index (χ3n) is 2.63. The Balaban J connectivity index is 2.73. The first-order chi connectivity index (χ1) is 10.6. The lowest BCUT2D eigenvalue weighted by Gasteiger charge is -2.17. The maximum atomic E-state index is 12.0. The van der Waals surface area contributed by atoms with Crippen molar-refractivity contribution in [1.29, 1.82) is 0 Å². The smallest absolute Gasteiger partial charge is 0.408 e. The van der Waals surface area contributed by atoms with Gasteiger partial charge in [-0.2, -0.15) is 0 Å². The van der Waals surface area contributed by atoms with Gasteiger partial charge in [0.15, 0.2) is 0 Å². The number of hydrogen-bond donors (Lipinski definition) is 2. The lowest BCUT2D eigenvalue weighted by atomic mass is 10.1. The van der Waals surface area contributed by atoms with E-state index in [0.29, 0.717) is 0 Å². The highest BCUT2D eigenvalue weighted by atomic mass is 16.6. The van der Waals surface area contributed by atoms with Crippen LogP contribution in [0.5, 0.6) is 5.75 Å². The number of amides is 1. The van der Waals surface area contributed by atoms with E-state index in [2.05, 4.69) is 18.5 Å². The zero-order chi connectivity index (χ0) is 16.4. The summed E-state index contributed by atoms with van der Waals surface area (Å²) in [6.45, 7) is 6.98. The first kappa shape index (κ1) is 17.3. The Kier molecular flexibility index (Phi) is 7.25. The average Bonchev–Trinajstić information content (AvgIpc) is 2.52. The lowest BCUT2D eigenvalue weighted by molar-refractivity contribution is -0.144. The number of carbonyl (C=O) groups excluding carboxylic acids is 2. The van der Waals surface area contributed by atoms with Crippen molar-refractivity contribution in [2.24, 2.45) is 0 Å². The fourth-order valence-corrected chi connectivity index (χ4v) is 1.62. The third kappa shape index (κ3) is 6.13. The van der Waals surface area contributed by atoms with Gasteiger partial charge in [-0.3, -0.25) is 0 Å². The number of ether oxygens (including phenoxy) is 2. The van der Waals surface area contributed by atoms with E-state index >= 15 is 0 Å². The predicted molar refractivity (Wildman–Crippen MR) is 81.4 cm³/mol. The fourth-order valence-electron chi connectivity index (χ4n) is 1.62. The van der Waals surface area contributed by atoms with Gasteiger partial charge in [0.05, 0.1) is 0 Å². The molecule has 0 bridgehead atoms. The highest BCUT2D eigenvalue weighted by Crippen LogP contribution is 2.12. The van der Waals surface area contributed by atoms with Gasteiger partial charge in [0.25, 0.3) is 0 Å². The SMILES string of the molecule is C=CCOC(=O)N[C@@H](Cc1ccc(O)cc1)C(=O)OCC=C. The molecule has 6 nitrogen and oxygen atoms in total. The van der Waals surface area contributed by atoms with Crippen LogP contribution in [-0.4, -0.2) is 36.4 Å². The minimum atomic E-state index is -0.901. The molecule has 6 heteroatoms. The van der Waals surface area contributed by atoms with Gasteiger partial charge < -0.3 is 19.9 Å². The molecule has 1 aromatic carbocycles. The molecule has 1 rings (SSSR count). The minimum Gasteiger partial charge on any atom is -0.508 e. The van der Waals surface area contributed by atoms with Crippen molar-refractivity contribution in [2.75, 3.05) is 13.2 Å². The summed E-state index contributed by atoms with van der Waals surface area (Å²) >= 11 is 0. The van der Waals surface area contributed by atoms with E-state index in [4.69, 9.17) is 9.47 Å². The Morgan fingerprint density at radius 2 is 1.73 bits per heavy atom. The van der Waals surface area contributed by atoms with E-state index in [0.717, 1.165) is 5.56 Å². The number of carbonyl (C=O) groups is 2. The molecule has 1 atom stereocenters. The molecule has 118 valence electrons. The van der Waals surface area contributed by atoms with Crippen molar-refractivity contribution in [2.45, 2.75) is 12.5 Å². The van der Waals surface area contributed by atoms with E-state index in [-0.39, 0.29) is 25.4 Å². The normalized spacial score (nSPS) is 11.1. The maximum absolute atomic E-state index is 12.0. The molecular formula is C16H19NO5. The van der Waals surface area contributed by atoms with Crippen molar-refractivity contribution in [1.82, 2.24) is 5.32 Å². The molecule has 2 N–H and O–H groups in total. The Bertz CT molecular complexity index is 524. The van der Waals surface area contributed by atoms with Gasteiger partial charge in [0, 0.05) is 6.42 Å². The van der Waals surface area contributed by atoms with Gasteiger partial charge in [-0.1, -0.05) is 37.4 Å². The van der Waals surface area contributed by atoms with Crippen LogP contribution in [0, 0.1) is 0 Å². The maximum Gasteiger partial charge on any atom is 0.408 e. The lowest BCUT2D eigenvalue weighted by Crippen LogP contribution is -2.43. The number of hydrogen-bond acceptors (Lipinski definition) is 5. The second-order valence-electron chi connectivity index (χ2n) is 4.37. The molecule has 0 saturated carbocycles. The number of phenolic OH excluding ortho intramolecular Hbond substituents is 1. The summed E-state index contributed by atoms with van der Waals surface area (Å²) in [6.07, 6.45) is 2.33. The second-order valence-corrected chi connectivity index (χ2v) is 4.37. The van der Waals surface area contributed by atoms with Crippen LogP contribution < -0.4 is 5.32 Å². The van der Waals surface area contributed by atoms with Crippen LogP contribution in [0.15, 0.2) is 49.6 Å². The van der Waals surface area contributed by atoms with Gasteiger partial charge in [-0.25, -0.2) is 9.59 Å². The van der Waals surface area contributed by atoms with E-state index in [1.54, 1.807) is 12.1 Å². The van der Waals surface area contributed by atoms with Crippen LogP contribution in [0.1, 0.15) is 5.56 Å².